The van der Waals surface area contributed by atoms with Crippen LogP contribution in [0.3, 0.4) is 0 Å². The zero-order valence-corrected chi connectivity index (χ0v) is 17.5. The molecular formula is C19H22ClN3O4S. The van der Waals surface area contributed by atoms with Crippen LogP contribution in [0.4, 0.5) is 0 Å². The van der Waals surface area contributed by atoms with Crippen LogP contribution < -0.4 is 4.74 Å². The van der Waals surface area contributed by atoms with Crippen LogP contribution in [0.1, 0.15) is 17.1 Å². The Hall–Kier alpha value is -2.29. The molecule has 0 fully saturated rings. The van der Waals surface area contributed by atoms with Gasteiger partial charge in [0.2, 0.25) is 10.0 Å². The van der Waals surface area contributed by atoms with Crippen molar-refractivity contribution in [2.75, 3.05) is 13.7 Å². The molecule has 9 heteroatoms. The summed E-state index contributed by atoms with van der Waals surface area (Å²) < 4.78 is 39.9. The van der Waals surface area contributed by atoms with Crippen molar-refractivity contribution < 1.29 is 17.6 Å². The summed E-state index contributed by atoms with van der Waals surface area (Å²) in [5, 5.41) is 4.98. The van der Waals surface area contributed by atoms with Crippen LogP contribution in [0.25, 0.3) is 0 Å². The highest BCUT2D eigenvalue weighted by Crippen LogP contribution is 2.24. The quantitative estimate of drug-likeness (QED) is 0.552. The van der Waals surface area contributed by atoms with Gasteiger partial charge in [-0.15, -0.1) is 0 Å². The van der Waals surface area contributed by atoms with E-state index in [2.05, 4.69) is 5.10 Å². The maximum atomic E-state index is 13.0. The number of rotatable bonds is 8. The van der Waals surface area contributed by atoms with Crippen LogP contribution in [-0.2, 0) is 23.1 Å². The SMILES string of the molecule is Cc1nn(CCOc2cccc(Cl)c2)c(C)c1S(=O)(=O)N(C)Cc1ccco1. The Bertz CT molecular complexity index is 1050. The molecule has 0 amide bonds. The van der Waals surface area contributed by atoms with E-state index in [4.69, 9.17) is 20.8 Å². The standard InChI is InChI=1S/C19H22ClN3O4S/c1-14-19(28(24,25)22(3)13-18-8-5-10-26-18)15(2)23(21-14)9-11-27-17-7-4-6-16(20)12-17/h4-8,10,12H,9,11,13H2,1-3H3. The van der Waals surface area contributed by atoms with Gasteiger partial charge in [-0.1, -0.05) is 17.7 Å². The van der Waals surface area contributed by atoms with Crippen molar-refractivity contribution in [2.24, 2.45) is 0 Å². The lowest BCUT2D eigenvalue weighted by Crippen LogP contribution is -2.27. The monoisotopic (exact) mass is 423 g/mol. The number of aromatic nitrogens is 2. The molecule has 7 nitrogen and oxygen atoms in total. The van der Waals surface area contributed by atoms with Crippen molar-refractivity contribution in [2.45, 2.75) is 31.8 Å². The third kappa shape index (κ3) is 4.40. The van der Waals surface area contributed by atoms with Crippen molar-refractivity contribution in [3.05, 3.63) is 64.8 Å². The van der Waals surface area contributed by atoms with E-state index < -0.39 is 10.0 Å². The molecule has 0 saturated heterocycles. The highest BCUT2D eigenvalue weighted by molar-refractivity contribution is 7.89. The first-order valence-electron chi connectivity index (χ1n) is 8.70. The van der Waals surface area contributed by atoms with Crippen LogP contribution in [0.15, 0.2) is 52.0 Å². The number of furan rings is 1. The van der Waals surface area contributed by atoms with Gasteiger partial charge in [0.15, 0.2) is 0 Å². The van der Waals surface area contributed by atoms with E-state index in [-0.39, 0.29) is 11.4 Å². The van der Waals surface area contributed by atoms with Gasteiger partial charge in [-0.3, -0.25) is 4.68 Å². The second-order valence-electron chi connectivity index (χ2n) is 6.37. The molecule has 0 spiro atoms. The lowest BCUT2D eigenvalue weighted by Gasteiger charge is -2.16. The minimum atomic E-state index is -3.71. The van der Waals surface area contributed by atoms with Crippen molar-refractivity contribution >= 4 is 21.6 Å². The number of aryl methyl sites for hydroxylation is 1. The molecular weight excluding hydrogens is 402 g/mol. The molecule has 28 heavy (non-hydrogen) atoms. The van der Waals surface area contributed by atoms with Crippen molar-refractivity contribution in [3.63, 3.8) is 0 Å². The van der Waals surface area contributed by atoms with Crippen LogP contribution in [0.5, 0.6) is 5.75 Å². The van der Waals surface area contributed by atoms with Gasteiger partial charge in [-0.05, 0) is 44.2 Å². The molecule has 3 aromatic rings. The highest BCUT2D eigenvalue weighted by atomic mass is 35.5. The lowest BCUT2D eigenvalue weighted by atomic mass is 10.3. The van der Waals surface area contributed by atoms with Crippen LogP contribution in [-0.4, -0.2) is 36.2 Å². The first-order chi connectivity index (χ1) is 13.3. The van der Waals surface area contributed by atoms with E-state index in [9.17, 15) is 8.42 Å². The predicted molar refractivity (Wildman–Crippen MR) is 106 cm³/mol. The molecule has 0 aliphatic heterocycles. The van der Waals surface area contributed by atoms with Gasteiger partial charge in [0, 0.05) is 12.1 Å². The van der Waals surface area contributed by atoms with Gasteiger partial charge in [0.1, 0.15) is 23.0 Å². The molecule has 0 atom stereocenters. The molecule has 1 aromatic carbocycles. The Morgan fingerprint density at radius 2 is 2.04 bits per heavy atom. The summed E-state index contributed by atoms with van der Waals surface area (Å²) >= 11 is 5.95. The lowest BCUT2D eigenvalue weighted by molar-refractivity contribution is 0.289. The highest BCUT2D eigenvalue weighted by Gasteiger charge is 2.29. The van der Waals surface area contributed by atoms with E-state index in [0.29, 0.717) is 41.1 Å². The average molecular weight is 424 g/mol. The Morgan fingerprint density at radius 1 is 1.25 bits per heavy atom. The number of hydrogen-bond donors (Lipinski definition) is 0. The summed E-state index contributed by atoms with van der Waals surface area (Å²) in [6.07, 6.45) is 1.52. The van der Waals surface area contributed by atoms with Crippen LogP contribution >= 0.6 is 11.6 Å². The minimum Gasteiger partial charge on any atom is -0.492 e. The van der Waals surface area contributed by atoms with Crippen LogP contribution in [0, 0.1) is 13.8 Å². The van der Waals surface area contributed by atoms with E-state index in [1.54, 1.807) is 48.9 Å². The smallest absolute Gasteiger partial charge is 0.246 e. The fourth-order valence-corrected chi connectivity index (χ4v) is 4.62. The Kier molecular flexibility index (Phi) is 6.12. The number of ether oxygens (including phenoxy) is 1. The summed E-state index contributed by atoms with van der Waals surface area (Å²) in [5.41, 5.74) is 1.02. The van der Waals surface area contributed by atoms with Gasteiger partial charge in [0.25, 0.3) is 0 Å². The minimum absolute atomic E-state index is 0.150. The summed E-state index contributed by atoms with van der Waals surface area (Å²) in [6.45, 7) is 4.33. The largest absolute Gasteiger partial charge is 0.492 e. The molecule has 2 aromatic heterocycles. The molecule has 0 aliphatic carbocycles. The number of sulfonamides is 1. The van der Waals surface area contributed by atoms with Crippen LogP contribution in [0.2, 0.25) is 5.02 Å². The average Bonchev–Trinajstić information content (AvgIpc) is 3.23. The zero-order valence-electron chi connectivity index (χ0n) is 15.9. The topological polar surface area (TPSA) is 77.6 Å². The number of nitrogens with zero attached hydrogens (tertiary/aromatic N) is 3. The third-order valence-corrected chi connectivity index (χ3v) is 6.60. The fourth-order valence-electron chi connectivity index (χ4n) is 2.94. The van der Waals surface area contributed by atoms with Gasteiger partial charge in [-0.25, -0.2) is 8.42 Å². The Morgan fingerprint density at radius 3 is 2.71 bits per heavy atom. The number of halogens is 1. The third-order valence-electron chi connectivity index (χ3n) is 4.31. The van der Waals surface area contributed by atoms with E-state index in [0.717, 1.165) is 0 Å². The maximum Gasteiger partial charge on any atom is 0.246 e. The molecule has 0 radical (unpaired) electrons. The second kappa shape index (κ2) is 8.38. The van der Waals surface area contributed by atoms with Gasteiger partial charge >= 0.3 is 0 Å². The predicted octanol–water partition coefficient (Wildman–Crippen LogP) is 3.65. The normalized spacial score (nSPS) is 11.9. The molecule has 0 unspecified atom stereocenters. The molecule has 150 valence electrons. The Balaban J connectivity index is 1.73. The first kappa shape index (κ1) is 20.4. The van der Waals surface area contributed by atoms with E-state index in [1.807, 2.05) is 6.07 Å². The number of hydrogen-bond acceptors (Lipinski definition) is 5. The van der Waals surface area contributed by atoms with Crippen molar-refractivity contribution in [3.8, 4) is 5.75 Å². The summed E-state index contributed by atoms with van der Waals surface area (Å²) in [7, 11) is -2.18. The molecule has 0 N–H and O–H groups in total. The van der Waals surface area contributed by atoms with Gasteiger partial charge < -0.3 is 9.15 Å². The summed E-state index contributed by atoms with van der Waals surface area (Å²) in [5.74, 6) is 1.23. The van der Waals surface area contributed by atoms with Gasteiger partial charge in [0.05, 0.1) is 30.7 Å². The van der Waals surface area contributed by atoms with Crippen molar-refractivity contribution in [1.29, 1.82) is 0 Å². The van der Waals surface area contributed by atoms with E-state index >= 15 is 0 Å². The fraction of sp³-hybridized carbons (Fsp3) is 0.316. The zero-order chi connectivity index (χ0) is 20.3. The van der Waals surface area contributed by atoms with E-state index in [1.165, 1.54) is 17.6 Å². The molecule has 2 heterocycles. The van der Waals surface area contributed by atoms with Gasteiger partial charge in [-0.2, -0.15) is 9.40 Å². The summed E-state index contributed by atoms with van der Waals surface area (Å²) in [4.78, 5) is 0.212. The maximum absolute atomic E-state index is 13.0. The second-order valence-corrected chi connectivity index (χ2v) is 8.79. The molecule has 3 rings (SSSR count). The van der Waals surface area contributed by atoms with Crippen molar-refractivity contribution in [1.82, 2.24) is 14.1 Å². The number of benzene rings is 1. The first-order valence-corrected chi connectivity index (χ1v) is 10.5. The molecule has 0 aliphatic rings. The Labute approximate surface area is 169 Å². The molecule has 0 bridgehead atoms. The summed E-state index contributed by atoms with van der Waals surface area (Å²) in [6, 6.07) is 10.6. The molecule has 0 saturated carbocycles.